The third-order valence-electron chi connectivity index (χ3n) is 5.21. The summed E-state index contributed by atoms with van der Waals surface area (Å²) in [6.07, 6.45) is 7.21. The zero-order valence-electron chi connectivity index (χ0n) is 19.2. The van der Waals surface area contributed by atoms with Gasteiger partial charge in [-0.25, -0.2) is 0 Å². The number of rotatable bonds is 11. The maximum absolute atomic E-state index is 13.7. The molecule has 2 aromatic carbocycles. The van der Waals surface area contributed by atoms with Gasteiger partial charge in [0.1, 0.15) is 13.2 Å². The predicted octanol–water partition coefficient (Wildman–Crippen LogP) is 5.81. The summed E-state index contributed by atoms with van der Waals surface area (Å²) in [5.74, 6) is 5.27. The Morgan fingerprint density at radius 1 is 1.03 bits per heavy atom. The summed E-state index contributed by atoms with van der Waals surface area (Å²) >= 11 is 0. The van der Waals surface area contributed by atoms with E-state index in [0.29, 0.717) is 11.1 Å². The molecule has 0 N–H and O–H groups in total. The average Bonchev–Trinajstić information content (AvgIpc) is 3.23. The first-order valence-electron chi connectivity index (χ1n) is 11.2. The first-order valence-corrected chi connectivity index (χ1v) is 11.2. The molecule has 0 aliphatic heterocycles. The zero-order chi connectivity index (χ0) is 23.5. The van der Waals surface area contributed by atoms with Crippen LogP contribution < -0.4 is 0 Å². The molecule has 0 amide bonds. The molecule has 0 unspecified atom stereocenters. The van der Waals surface area contributed by atoms with Gasteiger partial charge in [0, 0.05) is 23.9 Å². The van der Waals surface area contributed by atoms with Gasteiger partial charge in [0.2, 0.25) is 0 Å². The Hall–Kier alpha value is -3.68. The molecule has 0 atom stereocenters. The Morgan fingerprint density at radius 2 is 1.73 bits per heavy atom. The third kappa shape index (κ3) is 6.41. The lowest BCUT2D eigenvalue weighted by Gasteiger charge is -2.11. The van der Waals surface area contributed by atoms with E-state index in [1.54, 1.807) is 13.0 Å². The molecule has 1 heterocycles. The molecule has 3 rings (SSSR count). The maximum atomic E-state index is 13.7. The molecule has 0 radical (unpaired) electrons. The van der Waals surface area contributed by atoms with Crippen molar-refractivity contribution in [1.29, 1.82) is 0 Å². The van der Waals surface area contributed by atoms with E-state index >= 15 is 0 Å². The standard InChI is InChI=1S/C29H29NO3/c1-3-5-19-30-21-25(17-18-26(31)22-33-20-6-4-2)27(28(30)23-13-9-7-10-14-23)29(32)24-15-11-8-12-16-24/h7-18,21H,3,5,19-20,22H2,1-2H3/b18-17-. The molecule has 4 nitrogen and oxygen atoms in total. The Labute approximate surface area is 195 Å². The minimum atomic E-state index is -0.173. The molecule has 168 valence electrons. The average molecular weight is 440 g/mol. The number of unbranched alkanes of at least 4 members (excludes halogenated alkanes) is 1. The van der Waals surface area contributed by atoms with Gasteiger partial charge in [0.25, 0.3) is 0 Å². The van der Waals surface area contributed by atoms with E-state index in [4.69, 9.17) is 4.74 Å². The second-order valence-electron chi connectivity index (χ2n) is 7.64. The van der Waals surface area contributed by atoms with Crippen molar-refractivity contribution in [3.8, 4) is 23.1 Å². The topological polar surface area (TPSA) is 48.3 Å². The molecular weight excluding hydrogens is 410 g/mol. The quantitative estimate of drug-likeness (QED) is 0.164. The predicted molar refractivity (Wildman–Crippen MR) is 133 cm³/mol. The normalized spacial score (nSPS) is 10.7. The summed E-state index contributed by atoms with van der Waals surface area (Å²) < 4.78 is 7.41. The van der Waals surface area contributed by atoms with E-state index in [1.165, 1.54) is 6.08 Å². The van der Waals surface area contributed by atoms with Gasteiger partial charge >= 0.3 is 0 Å². The van der Waals surface area contributed by atoms with Gasteiger partial charge in [0.05, 0.1) is 11.3 Å². The monoisotopic (exact) mass is 439 g/mol. The van der Waals surface area contributed by atoms with Crippen LogP contribution in [0.5, 0.6) is 0 Å². The molecule has 0 spiro atoms. The summed E-state index contributed by atoms with van der Waals surface area (Å²) in [6.45, 7) is 4.83. The molecule has 0 aliphatic carbocycles. The number of aromatic nitrogens is 1. The van der Waals surface area contributed by atoms with E-state index in [-0.39, 0.29) is 24.8 Å². The Kier molecular flexibility index (Phi) is 8.99. The lowest BCUT2D eigenvalue weighted by Crippen LogP contribution is -2.07. The lowest BCUT2D eigenvalue weighted by atomic mass is 9.96. The Balaban J connectivity index is 2.06. The van der Waals surface area contributed by atoms with Gasteiger partial charge in [-0.15, -0.1) is 5.92 Å². The highest BCUT2D eigenvalue weighted by Crippen LogP contribution is 2.32. The lowest BCUT2D eigenvalue weighted by molar-refractivity contribution is -0.118. The Bertz CT molecular complexity index is 1160. The second kappa shape index (κ2) is 12.4. The number of hydrogen-bond acceptors (Lipinski definition) is 3. The van der Waals surface area contributed by atoms with Crippen LogP contribution >= 0.6 is 0 Å². The van der Waals surface area contributed by atoms with Gasteiger partial charge in [0.15, 0.2) is 11.6 Å². The molecule has 0 fully saturated rings. The minimum absolute atomic E-state index is 0.0464. The first kappa shape index (κ1) is 24.0. The van der Waals surface area contributed by atoms with Crippen LogP contribution in [-0.2, 0) is 16.1 Å². The van der Waals surface area contributed by atoms with E-state index in [0.717, 1.165) is 36.2 Å². The maximum Gasteiger partial charge on any atom is 0.195 e. The van der Waals surface area contributed by atoms with Gasteiger partial charge in [-0.2, -0.15) is 0 Å². The van der Waals surface area contributed by atoms with Crippen LogP contribution in [0.1, 0.15) is 48.2 Å². The van der Waals surface area contributed by atoms with E-state index in [9.17, 15) is 9.59 Å². The van der Waals surface area contributed by atoms with Crippen LogP contribution in [0, 0.1) is 11.8 Å². The van der Waals surface area contributed by atoms with Crippen molar-refractivity contribution in [2.45, 2.75) is 33.2 Å². The van der Waals surface area contributed by atoms with Gasteiger partial charge < -0.3 is 9.30 Å². The van der Waals surface area contributed by atoms with Gasteiger partial charge in [-0.1, -0.05) is 79.9 Å². The molecular formula is C29H29NO3. The van der Waals surface area contributed by atoms with Crippen LogP contribution in [0.25, 0.3) is 17.3 Å². The van der Waals surface area contributed by atoms with Crippen molar-refractivity contribution >= 4 is 17.6 Å². The fourth-order valence-corrected chi connectivity index (χ4v) is 3.59. The summed E-state index contributed by atoms with van der Waals surface area (Å²) in [5.41, 5.74) is 3.79. The van der Waals surface area contributed by atoms with Crippen molar-refractivity contribution in [3.63, 3.8) is 0 Å². The second-order valence-corrected chi connectivity index (χ2v) is 7.64. The highest BCUT2D eigenvalue weighted by atomic mass is 16.5. The van der Waals surface area contributed by atoms with Gasteiger partial charge in [-0.05, 0) is 31.1 Å². The summed E-state index contributed by atoms with van der Waals surface area (Å²) in [7, 11) is 0. The smallest absolute Gasteiger partial charge is 0.195 e. The third-order valence-corrected chi connectivity index (χ3v) is 5.21. The zero-order valence-corrected chi connectivity index (χ0v) is 19.2. The SMILES string of the molecule is CC#CCOCC(=O)/C=C\c1cn(CCCC)c(-c2ccccc2)c1C(=O)c1ccccc1. The molecule has 1 aromatic heterocycles. The summed E-state index contributed by atoms with van der Waals surface area (Å²) in [5, 5.41) is 0. The molecule has 3 aromatic rings. The number of carbonyl (C=O) groups excluding carboxylic acids is 2. The number of hydrogen-bond donors (Lipinski definition) is 0. The van der Waals surface area contributed by atoms with Crippen molar-refractivity contribution in [1.82, 2.24) is 4.57 Å². The number of benzene rings is 2. The number of aryl methyl sites for hydroxylation is 1. The number of nitrogens with zero attached hydrogens (tertiary/aromatic N) is 1. The molecule has 0 bridgehead atoms. The van der Waals surface area contributed by atoms with Crippen LogP contribution in [0.2, 0.25) is 0 Å². The van der Waals surface area contributed by atoms with Crippen molar-refractivity contribution in [2.75, 3.05) is 13.2 Å². The van der Waals surface area contributed by atoms with Crippen molar-refractivity contribution < 1.29 is 14.3 Å². The molecule has 33 heavy (non-hydrogen) atoms. The number of carbonyl (C=O) groups is 2. The summed E-state index contributed by atoms with van der Waals surface area (Å²) in [6, 6.07) is 19.2. The fourth-order valence-electron chi connectivity index (χ4n) is 3.59. The molecule has 4 heteroatoms. The number of ether oxygens (including phenoxy) is 1. The molecule has 0 aliphatic rings. The van der Waals surface area contributed by atoms with Crippen LogP contribution in [-0.4, -0.2) is 29.3 Å². The van der Waals surface area contributed by atoms with Crippen LogP contribution in [0.3, 0.4) is 0 Å². The van der Waals surface area contributed by atoms with E-state index < -0.39 is 0 Å². The highest BCUT2D eigenvalue weighted by molar-refractivity contribution is 6.15. The highest BCUT2D eigenvalue weighted by Gasteiger charge is 2.23. The van der Waals surface area contributed by atoms with Crippen LogP contribution in [0.15, 0.2) is 72.9 Å². The molecule has 0 saturated heterocycles. The molecule has 0 saturated carbocycles. The first-order chi connectivity index (χ1) is 16.2. The summed E-state index contributed by atoms with van der Waals surface area (Å²) in [4.78, 5) is 26.0. The largest absolute Gasteiger partial charge is 0.361 e. The minimum Gasteiger partial charge on any atom is -0.361 e. The number of ketones is 2. The van der Waals surface area contributed by atoms with Crippen molar-refractivity contribution in [2.24, 2.45) is 0 Å². The van der Waals surface area contributed by atoms with Crippen molar-refractivity contribution in [3.05, 3.63) is 89.6 Å². The van der Waals surface area contributed by atoms with Gasteiger partial charge in [-0.3, -0.25) is 9.59 Å². The van der Waals surface area contributed by atoms with E-state index in [2.05, 4.69) is 23.3 Å². The van der Waals surface area contributed by atoms with Crippen LogP contribution in [0.4, 0.5) is 0 Å². The fraction of sp³-hybridized carbons (Fsp3) is 0.241. The van der Waals surface area contributed by atoms with E-state index in [1.807, 2.05) is 66.9 Å². The Morgan fingerprint density at radius 3 is 2.39 bits per heavy atom.